The van der Waals surface area contributed by atoms with Crippen LogP contribution in [-0.4, -0.2) is 44.8 Å². The number of rotatable bonds is 8. The van der Waals surface area contributed by atoms with E-state index in [2.05, 4.69) is 42.4 Å². The summed E-state index contributed by atoms with van der Waals surface area (Å²) in [5, 5.41) is 3.41. The van der Waals surface area contributed by atoms with Crippen molar-refractivity contribution in [3.8, 4) is 5.75 Å². The maximum atomic E-state index is 12.0. The predicted octanol–water partition coefficient (Wildman–Crippen LogP) is 0.296. The second-order valence-corrected chi connectivity index (χ2v) is 6.85. The largest absolute Gasteiger partial charge is 0.483 e. The molecule has 27 heavy (non-hydrogen) atoms. The van der Waals surface area contributed by atoms with E-state index >= 15 is 0 Å². The van der Waals surface area contributed by atoms with Crippen LogP contribution in [0.5, 0.6) is 5.75 Å². The molecule has 1 amide bonds. The predicted molar refractivity (Wildman–Crippen MR) is 111 cm³/mol. The van der Waals surface area contributed by atoms with Crippen LogP contribution in [0.1, 0.15) is 11.1 Å². The summed E-state index contributed by atoms with van der Waals surface area (Å²) in [6, 6.07) is 17.9. The van der Waals surface area contributed by atoms with E-state index in [4.69, 9.17) is 17.0 Å². The van der Waals surface area contributed by atoms with Crippen LogP contribution in [0.2, 0.25) is 0 Å². The topological polar surface area (TPSA) is 66.8 Å². The number of para-hydroxylation sites is 1. The lowest BCUT2D eigenvalue weighted by atomic mass is 10.0. The molecule has 0 fully saturated rings. The van der Waals surface area contributed by atoms with Crippen molar-refractivity contribution in [3.63, 3.8) is 0 Å². The number of likely N-dealkylation sites (N-methyl/N-ethyl adjacent to an activating group) is 1. The number of ether oxygens (including phenoxy) is 1. The van der Waals surface area contributed by atoms with Gasteiger partial charge in [0.15, 0.2) is 11.7 Å². The lowest BCUT2D eigenvalue weighted by Crippen LogP contribution is -3.06. The number of benzene rings is 2. The van der Waals surface area contributed by atoms with Gasteiger partial charge in [0, 0.05) is 6.42 Å². The van der Waals surface area contributed by atoms with Crippen LogP contribution in [0.3, 0.4) is 0 Å². The minimum absolute atomic E-state index is 0.0940. The molecule has 0 aliphatic carbocycles. The Morgan fingerprint density at radius 3 is 2.48 bits per heavy atom. The van der Waals surface area contributed by atoms with Gasteiger partial charge in [0.05, 0.1) is 27.2 Å². The van der Waals surface area contributed by atoms with E-state index in [0.29, 0.717) is 10.9 Å². The molecule has 0 aliphatic heterocycles. The van der Waals surface area contributed by atoms with Crippen LogP contribution in [0.25, 0.3) is 0 Å². The van der Waals surface area contributed by atoms with E-state index in [-0.39, 0.29) is 12.5 Å². The van der Waals surface area contributed by atoms with Crippen LogP contribution < -0.4 is 25.8 Å². The minimum Gasteiger partial charge on any atom is -0.483 e. The van der Waals surface area contributed by atoms with Gasteiger partial charge in [-0.2, -0.15) is 0 Å². The Bertz CT molecular complexity index is 738. The van der Waals surface area contributed by atoms with Gasteiger partial charge in [-0.1, -0.05) is 48.5 Å². The molecule has 7 heteroatoms. The molecular weight excluding hydrogens is 360 g/mol. The Balaban J connectivity index is 1.77. The summed E-state index contributed by atoms with van der Waals surface area (Å²) in [6.45, 7) is 1.56. The average molecular weight is 388 g/mol. The van der Waals surface area contributed by atoms with E-state index in [1.807, 2.05) is 42.5 Å². The molecule has 2 aromatic rings. The van der Waals surface area contributed by atoms with Crippen LogP contribution in [0.4, 0.5) is 0 Å². The molecule has 0 unspecified atom stereocenters. The van der Waals surface area contributed by atoms with Gasteiger partial charge in [0.25, 0.3) is 5.91 Å². The van der Waals surface area contributed by atoms with Gasteiger partial charge in [0.1, 0.15) is 5.75 Å². The molecule has 2 rings (SSSR count). The van der Waals surface area contributed by atoms with E-state index in [1.165, 1.54) is 10.5 Å². The second-order valence-electron chi connectivity index (χ2n) is 6.44. The molecule has 2 aromatic carbocycles. The van der Waals surface area contributed by atoms with Crippen molar-refractivity contribution < 1.29 is 14.4 Å². The summed E-state index contributed by atoms with van der Waals surface area (Å²) in [6.07, 6.45) is 0.749. The third kappa shape index (κ3) is 8.06. The summed E-state index contributed by atoms with van der Waals surface area (Å²) in [5.74, 6) is 0.401. The van der Waals surface area contributed by atoms with E-state index in [0.717, 1.165) is 25.1 Å². The number of thiocarbonyl (C=S) groups is 1. The van der Waals surface area contributed by atoms with Crippen molar-refractivity contribution in [3.05, 3.63) is 65.7 Å². The smallest absolute Gasteiger partial charge is 0.276 e. The number of quaternary nitrogens is 1. The van der Waals surface area contributed by atoms with Crippen LogP contribution >= 0.6 is 12.2 Å². The number of hydrogen-bond acceptors (Lipinski definition) is 3. The molecule has 0 aliphatic rings. The fraction of sp³-hybridized carbons (Fsp3) is 0.300. The van der Waals surface area contributed by atoms with Gasteiger partial charge >= 0.3 is 0 Å². The molecular formula is C20H27N4O2S+. The first-order chi connectivity index (χ1) is 13.0. The van der Waals surface area contributed by atoms with Crippen molar-refractivity contribution in [1.29, 1.82) is 0 Å². The molecule has 0 radical (unpaired) electrons. The molecule has 0 heterocycles. The monoisotopic (exact) mass is 387 g/mol. The summed E-state index contributed by atoms with van der Waals surface area (Å²) in [4.78, 5) is 13.3. The van der Waals surface area contributed by atoms with E-state index in [1.54, 1.807) is 0 Å². The number of nitrogens with one attached hydrogen (secondary N) is 4. The van der Waals surface area contributed by atoms with Crippen LogP contribution in [0.15, 0.2) is 54.6 Å². The van der Waals surface area contributed by atoms with Gasteiger partial charge in [-0.3, -0.25) is 15.6 Å². The second kappa shape index (κ2) is 11.2. The summed E-state index contributed by atoms with van der Waals surface area (Å²) in [5.41, 5.74) is 7.44. The Morgan fingerprint density at radius 1 is 1.04 bits per heavy atom. The molecule has 0 saturated heterocycles. The Kier molecular flexibility index (Phi) is 8.54. The minimum atomic E-state index is -0.299. The molecule has 0 aromatic heterocycles. The van der Waals surface area contributed by atoms with Gasteiger partial charge in [0.2, 0.25) is 0 Å². The number of hydrogen-bond donors (Lipinski definition) is 4. The molecule has 0 spiro atoms. The quantitative estimate of drug-likeness (QED) is 0.388. The highest BCUT2D eigenvalue weighted by Gasteiger charge is 2.08. The van der Waals surface area contributed by atoms with E-state index in [9.17, 15) is 4.79 Å². The summed E-state index contributed by atoms with van der Waals surface area (Å²) < 4.78 is 5.70. The zero-order chi connectivity index (χ0) is 19.5. The maximum Gasteiger partial charge on any atom is 0.276 e. The van der Waals surface area contributed by atoms with Crippen LogP contribution in [-0.2, 0) is 11.2 Å². The molecule has 6 nitrogen and oxygen atoms in total. The first kappa shape index (κ1) is 20.7. The highest BCUT2D eigenvalue weighted by Crippen LogP contribution is 2.21. The van der Waals surface area contributed by atoms with Gasteiger partial charge in [-0.15, -0.1) is 0 Å². The van der Waals surface area contributed by atoms with Gasteiger partial charge < -0.3 is 15.0 Å². The first-order valence-electron chi connectivity index (χ1n) is 8.91. The number of amides is 1. The van der Waals surface area contributed by atoms with Crippen molar-refractivity contribution in [2.75, 3.05) is 33.8 Å². The van der Waals surface area contributed by atoms with E-state index < -0.39 is 0 Å². The maximum absolute atomic E-state index is 12.0. The SMILES string of the molecule is C[NH+](C)CCNC(=S)NNC(=O)COc1ccccc1Cc1ccccc1. The third-order valence-electron chi connectivity index (χ3n) is 3.79. The highest BCUT2D eigenvalue weighted by atomic mass is 32.1. The first-order valence-corrected chi connectivity index (χ1v) is 9.32. The average Bonchev–Trinajstić information content (AvgIpc) is 2.66. The van der Waals surface area contributed by atoms with Crippen LogP contribution in [0, 0.1) is 0 Å². The number of carbonyl (C=O) groups is 1. The Hall–Kier alpha value is -2.64. The normalized spacial score (nSPS) is 10.3. The van der Waals surface area contributed by atoms with Crippen molar-refractivity contribution in [2.45, 2.75) is 6.42 Å². The fourth-order valence-electron chi connectivity index (χ4n) is 2.38. The molecule has 0 atom stereocenters. The standard InChI is InChI=1S/C20H26N4O2S/c1-24(2)13-12-21-20(27)23-22-19(25)15-26-18-11-7-6-10-17(18)14-16-8-4-3-5-9-16/h3-11H,12-15H2,1-2H3,(H,22,25)(H2,21,23,27)/p+1. The zero-order valence-corrected chi connectivity index (χ0v) is 16.6. The lowest BCUT2D eigenvalue weighted by molar-refractivity contribution is -0.856. The zero-order valence-electron chi connectivity index (χ0n) is 15.7. The number of carbonyl (C=O) groups excluding carboxylic acids is 1. The van der Waals surface area contributed by atoms with Gasteiger partial charge in [-0.05, 0) is 29.4 Å². The lowest BCUT2D eigenvalue weighted by Gasteiger charge is -2.14. The highest BCUT2D eigenvalue weighted by molar-refractivity contribution is 7.80. The van der Waals surface area contributed by atoms with Crippen molar-refractivity contribution >= 4 is 23.2 Å². The van der Waals surface area contributed by atoms with Gasteiger partial charge in [-0.25, -0.2) is 0 Å². The summed E-state index contributed by atoms with van der Waals surface area (Å²) >= 11 is 5.11. The van der Waals surface area contributed by atoms with Crippen molar-refractivity contribution in [1.82, 2.24) is 16.2 Å². The summed E-state index contributed by atoms with van der Waals surface area (Å²) in [7, 11) is 4.12. The number of hydrazine groups is 1. The van der Waals surface area contributed by atoms with Crippen molar-refractivity contribution in [2.24, 2.45) is 0 Å². The molecule has 144 valence electrons. The molecule has 4 N–H and O–H groups in total. The Morgan fingerprint density at radius 2 is 1.74 bits per heavy atom. The Labute approximate surface area is 165 Å². The molecule has 0 saturated carbocycles. The fourth-order valence-corrected chi connectivity index (χ4v) is 2.54. The molecule has 0 bridgehead atoms. The third-order valence-corrected chi connectivity index (χ3v) is 4.04.